The van der Waals surface area contributed by atoms with E-state index in [0.717, 1.165) is 5.56 Å². The second-order valence-electron chi connectivity index (χ2n) is 4.52. The summed E-state index contributed by atoms with van der Waals surface area (Å²) in [4.78, 5) is 17.9. The van der Waals surface area contributed by atoms with Gasteiger partial charge in [-0.2, -0.15) is 0 Å². The van der Waals surface area contributed by atoms with Crippen molar-refractivity contribution >= 4 is 11.8 Å². The van der Waals surface area contributed by atoms with Gasteiger partial charge in [-0.25, -0.2) is 4.98 Å². The normalized spacial score (nSPS) is 12.4. The van der Waals surface area contributed by atoms with Crippen LogP contribution in [0.25, 0.3) is 0 Å². The Morgan fingerprint density at radius 3 is 2.89 bits per heavy atom. The molecule has 1 unspecified atom stereocenters. The molecule has 0 fully saturated rings. The summed E-state index contributed by atoms with van der Waals surface area (Å²) >= 11 is 1.46. The number of aryl methyl sites for hydroxylation is 2. The van der Waals surface area contributed by atoms with E-state index in [4.69, 9.17) is 5.73 Å². The van der Waals surface area contributed by atoms with E-state index in [1.165, 1.54) is 35.2 Å². The molecule has 19 heavy (non-hydrogen) atoms. The van der Waals surface area contributed by atoms with Gasteiger partial charge >= 0.3 is 0 Å². The van der Waals surface area contributed by atoms with E-state index in [-0.39, 0.29) is 11.6 Å². The van der Waals surface area contributed by atoms with Gasteiger partial charge in [0.1, 0.15) is 0 Å². The molecule has 2 aromatic rings. The van der Waals surface area contributed by atoms with Crippen LogP contribution in [0.4, 0.5) is 0 Å². The van der Waals surface area contributed by atoms with Crippen molar-refractivity contribution in [1.82, 2.24) is 9.97 Å². The van der Waals surface area contributed by atoms with Crippen LogP contribution in [-0.4, -0.2) is 15.7 Å². The molecule has 0 bridgehead atoms. The first kappa shape index (κ1) is 13.8. The fourth-order valence-electron chi connectivity index (χ4n) is 1.84. The summed E-state index contributed by atoms with van der Waals surface area (Å²) in [6.07, 6.45) is 1.50. The first-order valence-electron chi connectivity index (χ1n) is 6.07. The van der Waals surface area contributed by atoms with Crippen molar-refractivity contribution in [3.63, 3.8) is 0 Å². The second-order valence-corrected chi connectivity index (χ2v) is 5.53. The lowest BCUT2D eigenvalue weighted by molar-refractivity contribution is 0.816. The maximum atomic E-state index is 11.2. The number of thioether (sulfide) groups is 1. The SMILES string of the molecule is Cc1ccc(C)c(C(N)CSc2nccc(=O)[nH]2)c1. The monoisotopic (exact) mass is 275 g/mol. The van der Waals surface area contributed by atoms with E-state index in [0.29, 0.717) is 10.9 Å². The van der Waals surface area contributed by atoms with E-state index in [9.17, 15) is 4.79 Å². The molecule has 3 N–H and O–H groups in total. The van der Waals surface area contributed by atoms with Gasteiger partial charge < -0.3 is 10.7 Å². The molecule has 5 heteroatoms. The Bertz CT molecular complexity index is 624. The Kier molecular flexibility index (Phi) is 4.39. The quantitative estimate of drug-likeness (QED) is 0.662. The minimum atomic E-state index is -0.141. The topological polar surface area (TPSA) is 71.8 Å². The zero-order valence-electron chi connectivity index (χ0n) is 11.0. The summed E-state index contributed by atoms with van der Waals surface area (Å²) in [5, 5.41) is 0.605. The zero-order valence-corrected chi connectivity index (χ0v) is 11.8. The molecule has 1 aromatic carbocycles. The maximum Gasteiger partial charge on any atom is 0.251 e. The highest BCUT2D eigenvalue weighted by Crippen LogP contribution is 2.23. The van der Waals surface area contributed by atoms with Gasteiger partial charge in [0.2, 0.25) is 0 Å². The molecule has 2 rings (SSSR count). The van der Waals surface area contributed by atoms with Gasteiger partial charge in [-0.3, -0.25) is 4.79 Å². The van der Waals surface area contributed by atoms with Crippen molar-refractivity contribution in [3.8, 4) is 0 Å². The summed E-state index contributed by atoms with van der Waals surface area (Å²) in [5.41, 5.74) is 9.60. The van der Waals surface area contributed by atoms with Gasteiger partial charge in [0.05, 0.1) is 0 Å². The van der Waals surface area contributed by atoms with E-state index < -0.39 is 0 Å². The van der Waals surface area contributed by atoms with Crippen LogP contribution in [0.3, 0.4) is 0 Å². The first-order valence-corrected chi connectivity index (χ1v) is 7.05. The van der Waals surface area contributed by atoms with E-state index in [1.807, 2.05) is 0 Å². The second kappa shape index (κ2) is 6.04. The highest BCUT2D eigenvalue weighted by Gasteiger charge is 2.10. The molecule has 0 aliphatic heterocycles. The minimum absolute atomic E-state index is 0.0737. The molecule has 0 aliphatic carbocycles. The minimum Gasteiger partial charge on any atom is -0.323 e. The molecule has 0 saturated carbocycles. The van der Waals surface area contributed by atoms with Gasteiger partial charge in [-0.05, 0) is 25.0 Å². The lowest BCUT2D eigenvalue weighted by Crippen LogP contribution is -2.15. The van der Waals surface area contributed by atoms with Crippen LogP contribution in [0.1, 0.15) is 22.7 Å². The van der Waals surface area contributed by atoms with E-state index in [1.54, 1.807) is 0 Å². The number of aromatic nitrogens is 2. The first-order chi connectivity index (χ1) is 9.06. The predicted octanol–water partition coefficient (Wildman–Crippen LogP) is 2.18. The molecule has 0 radical (unpaired) electrons. The van der Waals surface area contributed by atoms with Crippen molar-refractivity contribution in [2.45, 2.75) is 25.0 Å². The van der Waals surface area contributed by atoms with Gasteiger partial charge in [0.15, 0.2) is 5.16 Å². The number of benzene rings is 1. The van der Waals surface area contributed by atoms with Gasteiger partial charge in [-0.1, -0.05) is 35.5 Å². The molecule has 1 aromatic heterocycles. The average molecular weight is 275 g/mol. The third-order valence-corrected chi connectivity index (χ3v) is 3.89. The summed E-state index contributed by atoms with van der Waals surface area (Å²) in [6.45, 7) is 4.11. The third-order valence-electron chi connectivity index (χ3n) is 2.88. The van der Waals surface area contributed by atoms with Crippen molar-refractivity contribution in [2.24, 2.45) is 5.73 Å². The Morgan fingerprint density at radius 2 is 2.16 bits per heavy atom. The smallest absolute Gasteiger partial charge is 0.251 e. The maximum absolute atomic E-state index is 11.2. The molecular formula is C14H17N3OS. The van der Waals surface area contributed by atoms with Crippen molar-refractivity contribution < 1.29 is 0 Å². The van der Waals surface area contributed by atoms with Crippen LogP contribution >= 0.6 is 11.8 Å². The van der Waals surface area contributed by atoms with Gasteiger partial charge in [0, 0.05) is 24.1 Å². The van der Waals surface area contributed by atoms with Crippen molar-refractivity contribution in [1.29, 1.82) is 0 Å². The van der Waals surface area contributed by atoms with Crippen molar-refractivity contribution in [3.05, 3.63) is 57.5 Å². The highest BCUT2D eigenvalue weighted by molar-refractivity contribution is 7.99. The lowest BCUT2D eigenvalue weighted by atomic mass is 10.0. The molecular weight excluding hydrogens is 258 g/mol. The summed E-state index contributed by atoms with van der Waals surface area (Å²) in [7, 11) is 0. The predicted molar refractivity (Wildman–Crippen MR) is 78.4 cm³/mol. The Balaban J connectivity index is 2.07. The number of rotatable bonds is 4. The van der Waals surface area contributed by atoms with E-state index in [2.05, 4.69) is 42.0 Å². The van der Waals surface area contributed by atoms with Crippen LogP contribution in [0.5, 0.6) is 0 Å². The number of nitrogens with two attached hydrogens (primary N) is 1. The third kappa shape index (κ3) is 3.68. The Labute approximate surface area is 116 Å². The lowest BCUT2D eigenvalue weighted by Gasteiger charge is -2.14. The fraction of sp³-hybridized carbons (Fsp3) is 0.286. The molecule has 0 saturated heterocycles. The number of hydrogen-bond donors (Lipinski definition) is 2. The summed E-state index contributed by atoms with van der Waals surface area (Å²) < 4.78 is 0. The standard InChI is InChI=1S/C14H17N3OS/c1-9-3-4-10(2)11(7-9)12(15)8-19-14-16-6-5-13(18)17-14/h3-7,12H,8,15H2,1-2H3,(H,16,17,18). The molecule has 4 nitrogen and oxygen atoms in total. The summed E-state index contributed by atoms with van der Waals surface area (Å²) in [5.74, 6) is 0.678. The van der Waals surface area contributed by atoms with Crippen molar-refractivity contribution in [2.75, 3.05) is 5.75 Å². The molecule has 0 amide bonds. The van der Waals surface area contributed by atoms with Crippen LogP contribution < -0.4 is 11.3 Å². The number of hydrogen-bond acceptors (Lipinski definition) is 4. The summed E-state index contributed by atoms with van der Waals surface area (Å²) in [6, 6.07) is 7.60. The number of H-pyrrole nitrogens is 1. The molecule has 0 aliphatic rings. The zero-order chi connectivity index (χ0) is 13.8. The van der Waals surface area contributed by atoms with Crippen LogP contribution in [0.2, 0.25) is 0 Å². The largest absolute Gasteiger partial charge is 0.323 e. The molecule has 1 heterocycles. The Hall–Kier alpha value is -1.59. The molecule has 100 valence electrons. The number of nitrogens with one attached hydrogen (secondary N) is 1. The Morgan fingerprint density at radius 1 is 1.37 bits per heavy atom. The average Bonchev–Trinajstić information content (AvgIpc) is 2.39. The fourth-order valence-corrected chi connectivity index (χ4v) is 2.67. The van der Waals surface area contributed by atoms with E-state index >= 15 is 0 Å². The van der Waals surface area contributed by atoms with Gasteiger partial charge in [-0.15, -0.1) is 0 Å². The highest BCUT2D eigenvalue weighted by atomic mass is 32.2. The van der Waals surface area contributed by atoms with Crippen LogP contribution in [0.15, 0.2) is 40.4 Å². The van der Waals surface area contributed by atoms with Gasteiger partial charge in [0.25, 0.3) is 5.56 Å². The van der Waals surface area contributed by atoms with Crippen LogP contribution in [0, 0.1) is 13.8 Å². The number of nitrogens with zero attached hydrogens (tertiary/aromatic N) is 1. The number of aromatic amines is 1. The molecule has 1 atom stereocenters. The molecule has 0 spiro atoms. The van der Waals surface area contributed by atoms with Crippen LogP contribution in [-0.2, 0) is 0 Å².